The van der Waals surface area contributed by atoms with Crippen LogP contribution in [0.2, 0.25) is 0 Å². The molecule has 3 amide bonds. The summed E-state index contributed by atoms with van der Waals surface area (Å²) in [4.78, 5) is 45.9. The van der Waals surface area contributed by atoms with Gasteiger partial charge in [-0.15, -0.1) is 0 Å². The van der Waals surface area contributed by atoms with Crippen LogP contribution in [0.3, 0.4) is 0 Å². The highest BCUT2D eigenvalue weighted by atomic mass is 79.9. The molecule has 1 aliphatic rings. The Balaban J connectivity index is 2.34. The highest BCUT2D eigenvalue weighted by Gasteiger charge is 2.29. The molecule has 104 valence electrons. The first kappa shape index (κ1) is 14.1. The fourth-order valence-corrected chi connectivity index (χ4v) is 2.36. The van der Waals surface area contributed by atoms with E-state index >= 15 is 0 Å². The van der Waals surface area contributed by atoms with Crippen molar-refractivity contribution >= 4 is 39.3 Å². The number of nitrogens with zero attached hydrogens (tertiary/aromatic N) is 2. The summed E-state index contributed by atoms with van der Waals surface area (Å²) in [5.74, 6) is -1.80. The van der Waals surface area contributed by atoms with Gasteiger partial charge < -0.3 is 4.90 Å². The third kappa shape index (κ3) is 2.67. The molecule has 8 nitrogen and oxygen atoms in total. The van der Waals surface area contributed by atoms with Crippen LogP contribution in [0.1, 0.15) is 10.4 Å². The van der Waals surface area contributed by atoms with Gasteiger partial charge in [-0.2, -0.15) is 0 Å². The zero-order valence-corrected chi connectivity index (χ0v) is 11.5. The van der Waals surface area contributed by atoms with Gasteiger partial charge in [0.25, 0.3) is 11.6 Å². The van der Waals surface area contributed by atoms with E-state index < -0.39 is 22.6 Å². The summed E-state index contributed by atoms with van der Waals surface area (Å²) in [7, 11) is 0. The Hall–Kier alpha value is -2.29. The third-order valence-corrected chi connectivity index (χ3v) is 3.47. The molecule has 0 spiro atoms. The number of carbonyl (C=O) groups is 3. The molecule has 20 heavy (non-hydrogen) atoms. The number of hydrogen-bond donors (Lipinski definition) is 1. The standard InChI is InChI=1S/C11H8BrN3O5/c12-10-6(2-1-3-7(10)15(19)20)11(18)14-4-8(16)13-9(17)5-14/h1-3H,4-5H2,(H,13,16,17). The Morgan fingerprint density at radius 1 is 1.30 bits per heavy atom. The molecule has 1 heterocycles. The quantitative estimate of drug-likeness (QED) is 0.477. The van der Waals surface area contributed by atoms with Crippen LogP contribution in [-0.4, -0.2) is 40.6 Å². The maximum absolute atomic E-state index is 12.2. The van der Waals surface area contributed by atoms with Crippen LogP contribution in [0.15, 0.2) is 22.7 Å². The van der Waals surface area contributed by atoms with E-state index in [4.69, 9.17) is 0 Å². The van der Waals surface area contributed by atoms with Gasteiger partial charge in [-0.25, -0.2) is 0 Å². The molecule has 1 N–H and O–H groups in total. The second-order valence-electron chi connectivity index (χ2n) is 4.03. The topological polar surface area (TPSA) is 110 Å². The summed E-state index contributed by atoms with van der Waals surface area (Å²) < 4.78 is 0.0217. The summed E-state index contributed by atoms with van der Waals surface area (Å²) >= 11 is 3.00. The lowest BCUT2D eigenvalue weighted by Crippen LogP contribution is -2.53. The fraction of sp³-hybridized carbons (Fsp3) is 0.182. The molecule has 0 aromatic heterocycles. The van der Waals surface area contributed by atoms with Crippen LogP contribution in [0.25, 0.3) is 0 Å². The molecular weight excluding hydrogens is 334 g/mol. The van der Waals surface area contributed by atoms with Crippen LogP contribution >= 0.6 is 15.9 Å². The van der Waals surface area contributed by atoms with Crippen LogP contribution in [0.4, 0.5) is 5.69 Å². The molecule has 1 fully saturated rings. The van der Waals surface area contributed by atoms with Gasteiger partial charge in [0, 0.05) is 6.07 Å². The van der Waals surface area contributed by atoms with Crippen LogP contribution in [0, 0.1) is 10.1 Å². The number of nitro benzene ring substituents is 1. The van der Waals surface area contributed by atoms with Gasteiger partial charge >= 0.3 is 0 Å². The maximum atomic E-state index is 12.2. The van der Waals surface area contributed by atoms with Crippen LogP contribution in [-0.2, 0) is 9.59 Å². The number of hydrogen-bond acceptors (Lipinski definition) is 5. The van der Waals surface area contributed by atoms with Crippen LogP contribution < -0.4 is 5.32 Å². The van der Waals surface area contributed by atoms with Gasteiger partial charge in [0.05, 0.1) is 10.5 Å². The van der Waals surface area contributed by atoms with Crippen molar-refractivity contribution in [1.29, 1.82) is 0 Å². The summed E-state index contributed by atoms with van der Waals surface area (Å²) in [6, 6.07) is 3.99. The Bertz CT molecular complexity index is 614. The van der Waals surface area contributed by atoms with Crippen molar-refractivity contribution < 1.29 is 19.3 Å². The second-order valence-corrected chi connectivity index (χ2v) is 4.82. The fourth-order valence-electron chi connectivity index (χ4n) is 1.78. The lowest BCUT2D eigenvalue weighted by molar-refractivity contribution is -0.385. The number of imide groups is 1. The molecule has 0 saturated carbocycles. The molecule has 0 unspecified atom stereocenters. The minimum Gasteiger partial charge on any atom is -0.320 e. The molecule has 0 atom stereocenters. The van der Waals surface area contributed by atoms with Crippen LogP contribution in [0.5, 0.6) is 0 Å². The van der Waals surface area contributed by atoms with E-state index in [1.54, 1.807) is 0 Å². The van der Waals surface area contributed by atoms with E-state index in [1.165, 1.54) is 18.2 Å². The Kier molecular flexibility index (Phi) is 3.79. The van der Waals surface area contributed by atoms with Gasteiger partial charge in [-0.05, 0) is 22.0 Å². The molecule has 9 heteroatoms. The van der Waals surface area contributed by atoms with E-state index in [0.717, 1.165) is 4.90 Å². The number of amides is 3. The van der Waals surface area contributed by atoms with E-state index in [0.29, 0.717) is 0 Å². The van der Waals surface area contributed by atoms with Crippen molar-refractivity contribution in [2.75, 3.05) is 13.1 Å². The first-order chi connectivity index (χ1) is 9.40. The molecule has 1 aromatic rings. The Morgan fingerprint density at radius 2 is 1.90 bits per heavy atom. The normalized spacial score (nSPS) is 14.9. The lowest BCUT2D eigenvalue weighted by Gasteiger charge is -2.25. The summed E-state index contributed by atoms with van der Waals surface area (Å²) in [6.07, 6.45) is 0. The predicted molar refractivity (Wildman–Crippen MR) is 69.8 cm³/mol. The van der Waals surface area contributed by atoms with Crippen molar-refractivity contribution in [3.8, 4) is 0 Å². The summed E-state index contributed by atoms with van der Waals surface area (Å²) in [6.45, 7) is -0.528. The zero-order chi connectivity index (χ0) is 14.9. The monoisotopic (exact) mass is 341 g/mol. The van der Waals surface area contributed by atoms with Crippen molar-refractivity contribution in [3.05, 3.63) is 38.3 Å². The van der Waals surface area contributed by atoms with Gasteiger partial charge in [0.15, 0.2) is 0 Å². The number of halogens is 1. The third-order valence-electron chi connectivity index (χ3n) is 2.64. The lowest BCUT2D eigenvalue weighted by atomic mass is 10.1. The molecule has 1 aromatic carbocycles. The molecular formula is C11H8BrN3O5. The minimum atomic E-state index is -0.630. The first-order valence-corrected chi connectivity index (χ1v) is 6.24. The second kappa shape index (κ2) is 5.37. The number of benzene rings is 1. The van der Waals surface area contributed by atoms with Gasteiger partial charge in [-0.3, -0.25) is 29.8 Å². The van der Waals surface area contributed by atoms with E-state index in [1.807, 2.05) is 0 Å². The van der Waals surface area contributed by atoms with Crippen molar-refractivity contribution in [2.24, 2.45) is 0 Å². The van der Waals surface area contributed by atoms with Crippen molar-refractivity contribution in [1.82, 2.24) is 10.2 Å². The SMILES string of the molecule is O=C1CN(C(=O)c2cccc([N+](=O)[O-])c2Br)CC(=O)N1. The average molecular weight is 342 g/mol. The van der Waals surface area contributed by atoms with E-state index in [2.05, 4.69) is 21.2 Å². The Labute approximate surface area is 121 Å². The molecule has 1 saturated heterocycles. The number of carbonyl (C=O) groups excluding carboxylic acids is 3. The highest BCUT2D eigenvalue weighted by Crippen LogP contribution is 2.29. The van der Waals surface area contributed by atoms with Crippen molar-refractivity contribution in [3.63, 3.8) is 0 Å². The molecule has 0 radical (unpaired) electrons. The van der Waals surface area contributed by atoms with Gasteiger partial charge in [0.1, 0.15) is 17.6 Å². The molecule has 2 rings (SSSR count). The number of rotatable bonds is 2. The first-order valence-electron chi connectivity index (χ1n) is 5.45. The number of nitrogens with one attached hydrogen (secondary N) is 1. The average Bonchev–Trinajstić information content (AvgIpc) is 2.36. The van der Waals surface area contributed by atoms with E-state index in [9.17, 15) is 24.5 Å². The minimum absolute atomic E-state index is 0.0217. The zero-order valence-electron chi connectivity index (χ0n) is 9.96. The van der Waals surface area contributed by atoms with E-state index in [-0.39, 0.29) is 28.8 Å². The summed E-state index contributed by atoms with van der Waals surface area (Å²) in [5.41, 5.74) is -0.231. The molecule has 1 aliphatic heterocycles. The van der Waals surface area contributed by atoms with Gasteiger partial charge in [-0.1, -0.05) is 6.07 Å². The molecule has 0 aliphatic carbocycles. The molecule has 0 bridgehead atoms. The summed E-state index contributed by atoms with van der Waals surface area (Å²) in [5, 5.41) is 12.9. The number of nitro groups is 1. The predicted octanol–water partition coefficient (Wildman–Crippen LogP) is 0.456. The highest BCUT2D eigenvalue weighted by molar-refractivity contribution is 9.10. The Morgan fingerprint density at radius 3 is 2.45 bits per heavy atom. The van der Waals surface area contributed by atoms with Gasteiger partial charge in [0.2, 0.25) is 11.8 Å². The number of piperazine rings is 1. The maximum Gasteiger partial charge on any atom is 0.284 e. The smallest absolute Gasteiger partial charge is 0.284 e. The van der Waals surface area contributed by atoms with Crippen molar-refractivity contribution in [2.45, 2.75) is 0 Å². The largest absolute Gasteiger partial charge is 0.320 e.